The van der Waals surface area contributed by atoms with Gasteiger partial charge in [-0.1, -0.05) is 29.8 Å². The van der Waals surface area contributed by atoms with E-state index in [1.165, 1.54) is 0 Å². The van der Waals surface area contributed by atoms with Gasteiger partial charge in [-0.3, -0.25) is 0 Å². The molecule has 0 saturated carbocycles. The predicted molar refractivity (Wildman–Crippen MR) is 84.0 cm³/mol. The van der Waals surface area contributed by atoms with Gasteiger partial charge in [0.2, 0.25) is 0 Å². The van der Waals surface area contributed by atoms with Crippen molar-refractivity contribution in [3.05, 3.63) is 59.2 Å². The Hall–Kier alpha value is -2.00. The maximum absolute atomic E-state index is 10.9. The molecule has 1 N–H and O–H groups in total. The Morgan fingerprint density at radius 1 is 1.05 bits per heavy atom. The van der Waals surface area contributed by atoms with Crippen LogP contribution in [-0.4, -0.2) is 19.3 Å². The number of rotatable bonds is 5. The van der Waals surface area contributed by atoms with Gasteiger partial charge in [-0.2, -0.15) is 0 Å². The Morgan fingerprint density at radius 3 is 2.48 bits per heavy atom. The zero-order valence-electron chi connectivity index (χ0n) is 13.0. The van der Waals surface area contributed by atoms with Gasteiger partial charge in [0.15, 0.2) is 0 Å². The molecule has 2 aromatic carbocycles. The zero-order valence-corrected chi connectivity index (χ0v) is 13.0. The summed E-state index contributed by atoms with van der Waals surface area (Å²) in [5.41, 5.74) is 1.97. The molecule has 1 unspecified atom stereocenters. The standard InChI is InChI=1S/C18H22O3/c1-13-8-9-17(21-4)14(10-13)12-18(2,19)15-6-5-7-16(11-15)20-3/h5-11,19H,12H2,1-4H3. The van der Waals surface area contributed by atoms with Crippen LogP contribution < -0.4 is 9.47 Å². The van der Waals surface area contributed by atoms with Gasteiger partial charge in [-0.05, 0) is 43.2 Å². The molecule has 0 radical (unpaired) electrons. The minimum atomic E-state index is -0.990. The van der Waals surface area contributed by atoms with E-state index in [4.69, 9.17) is 9.47 Å². The van der Waals surface area contributed by atoms with Crippen molar-refractivity contribution in [2.75, 3.05) is 14.2 Å². The fourth-order valence-corrected chi connectivity index (χ4v) is 2.48. The molecule has 112 valence electrons. The minimum Gasteiger partial charge on any atom is -0.497 e. The molecule has 2 rings (SSSR count). The summed E-state index contributed by atoms with van der Waals surface area (Å²) in [5.74, 6) is 1.53. The highest BCUT2D eigenvalue weighted by atomic mass is 16.5. The highest BCUT2D eigenvalue weighted by molar-refractivity contribution is 5.40. The first-order chi connectivity index (χ1) is 9.96. The van der Waals surface area contributed by atoms with E-state index in [-0.39, 0.29) is 0 Å². The average Bonchev–Trinajstić information content (AvgIpc) is 2.47. The Bertz CT molecular complexity index is 618. The number of aryl methyl sites for hydroxylation is 1. The first-order valence-corrected chi connectivity index (χ1v) is 6.96. The normalized spacial score (nSPS) is 13.6. The fraction of sp³-hybridized carbons (Fsp3) is 0.333. The SMILES string of the molecule is COc1cccc(C(C)(O)Cc2cc(C)ccc2OC)c1. The molecule has 0 heterocycles. The Balaban J connectivity index is 2.34. The molecule has 3 nitrogen and oxygen atoms in total. The van der Waals surface area contributed by atoms with Crippen LogP contribution in [-0.2, 0) is 12.0 Å². The molecule has 0 aliphatic heterocycles. The van der Waals surface area contributed by atoms with Crippen LogP contribution in [0.15, 0.2) is 42.5 Å². The minimum absolute atomic E-state index is 0.477. The molecule has 2 aromatic rings. The highest BCUT2D eigenvalue weighted by Crippen LogP contribution is 2.31. The van der Waals surface area contributed by atoms with Crippen molar-refractivity contribution < 1.29 is 14.6 Å². The van der Waals surface area contributed by atoms with Gasteiger partial charge in [0, 0.05) is 6.42 Å². The monoisotopic (exact) mass is 286 g/mol. The van der Waals surface area contributed by atoms with Crippen LogP contribution in [0, 0.1) is 6.92 Å². The first-order valence-electron chi connectivity index (χ1n) is 6.96. The molecule has 3 heteroatoms. The van der Waals surface area contributed by atoms with Crippen LogP contribution in [0.1, 0.15) is 23.6 Å². The molecular weight excluding hydrogens is 264 g/mol. The largest absolute Gasteiger partial charge is 0.497 e. The zero-order chi connectivity index (χ0) is 15.5. The second-order valence-corrected chi connectivity index (χ2v) is 5.50. The van der Waals surface area contributed by atoms with Crippen LogP contribution in [0.5, 0.6) is 11.5 Å². The summed E-state index contributed by atoms with van der Waals surface area (Å²) < 4.78 is 10.6. The lowest BCUT2D eigenvalue weighted by Gasteiger charge is -2.25. The van der Waals surface area contributed by atoms with Gasteiger partial charge >= 0.3 is 0 Å². The van der Waals surface area contributed by atoms with Gasteiger partial charge in [0.05, 0.1) is 19.8 Å². The third kappa shape index (κ3) is 3.56. The predicted octanol–water partition coefficient (Wildman–Crippen LogP) is 3.46. The number of hydrogen-bond donors (Lipinski definition) is 1. The Labute approximate surface area is 126 Å². The summed E-state index contributed by atoms with van der Waals surface area (Å²) in [6, 6.07) is 13.5. The van der Waals surface area contributed by atoms with Crippen LogP contribution in [0.2, 0.25) is 0 Å². The van der Waals surface area contributed by atoms with E-state index in [0.29, 0.717) is 6.42 Å². The lowest BCUT2D eigenvalue weighted by Crippen LogP contribution is -2.24. The maximum atomic E-state index is 10.9. The van der Waals surface area contributed by atoms with E-state index in [1.54, 1.807) is 14.2 Å². The third-order valence-corrected chi connectivity index (χ3v) is 3.66. The van der Waals surface area contributed by atoms with Crippen LogP contribution in [0.3, 0.4) is 0 Å². The summed E-state index contributed by atoms with van der Waals surface area (Å²) >= 11 is 0. The fourth-order valence-electron chi connectivity index (χ4n) is 2.48. The molecule has 0 aliphatic carbocycles. The lowest BCUT2D eigenvalue weighted by molar-refractivity contribution is 0.0567. The topological polar surface area (TPSA) is 38.7 Å². The summed E-state index contributed by atoms with van der Waals surface area (Å²) in [4.78, 5) is 0. The van der Waals surface area contributed by atoms with Crippen molar-refractivity contribution in [1.29, 1.82) is 0 Å². The number of hydrogen-bond acceptors (Lipinski definition) is 3. The van der Waals surface area contributed by atoms with E-state index < -0.39 is 5.60 Å². The number of ether oxygens (including phenoxy) is 2. The highest BCUT2D eigenvalue weighted by Gasteiger charge is 2.25. The van der Waals surface area contributed by atoms with Crippen LogP contribution in [0.4, 0.5) is 0 Å². The van der Waals surface area contributed by atoms with Gasteiger partial charge in [0.1, 0.15) is 11.5 Å². The number of aliphatic hydroxyl groups is 1. The van der Waals surface area contributed by atoms with Gasteiger partial charge in [0.25, 0.3) is 0 Å². The second-order valence-electron chi connectivity index (χ2n) is 5.50. The Kier molecular flexibility index (Phi) is 4.53. The van der Waals surface area contributed by atoms with E-state index in [9.17, 15) is 5.11 Å². The summed E-state index contributed by atoms with van der Waals surface area (Å²) in [5, 5.41) is 10.9. The summed E-state index contributed by atoms with van der Waals surface area (Å²) in [7, 11) is 3.27. The first kappa shape index (κ1) is 15.4. The van der Waals surface area contributed by atoms with E-state index in [1.807, 2.05) is 56.3 Å². The quantitative estimate of drug-likeness (QED) is 0.914. The number of methoxy groups -OCH3 is 2. The second kappa shape index (κ2) is 6.19. The van der Waals surface area contributed by atoms with Crippen molar-refractivity contribution in [2.45, 2.75) is 25.9 Å². The number of benzene rings is 2. The van der Waals surface area contributed by atoms with E-state index >= 15 is 0 Å². The van der Waals surface area contributed by atoms with Gasteiger partial charge in [-0.15, -0.1) is 0 Å². The van der Waals surface area contributed by atoms with Crippen molar-refractivity contribution in [3.63, 3.8) is 0 Å². The Morgan fingerprint density at radius 2 is 1.81 bits per heavy atom. The average molecular weight is 286 g/mol. The molecule has 0 aromatic heterocycles. The third-order valence-electron chi connectivity index (χ3n) is 3.66. The van der Waals surface area contributed by atoms with Crippen molar-refractivity contribution >= 4 is 0 Å². The van der Waals surface area contributed by atoms with E-state index in [0.717, 1.165) is 28.2 Å². The van der Waals surface area contributed by atoms with Crippen LogP contribution in [0.25, 0.3) is 0 Å². The molecule has 0 fully saturated rings. The molecule has 1 atom stereocenters. The van der Waals surface area contributed by atoms with E-state index in [2.05, 4.69) is 0 Å². The van der Waals surface area contributed by atoms with Crippen molar-refractivity contribution in [3.8, 4) is 11.5 Å². The molecule has 21 heavy (non-hydrogen) atoms. The molecule has 0 saturated heterocycles. The lowest BCUT2D eigenvalue weighted by atomic mass is 9.88. The van der Waals surface area contributed by atoms with Crippen LogP contribution >= 0.6 is 0 Å². The van der Waals surface area contributed by atoms with Gasteiger partial charge in [-0.25, -0.2) is 0 Å². The molecule has 0 spiro atoms. The molecular formula is C18H22O3. The summed E-state index contributed by atoms with van der Waals surface area (Å²) in [6.07, 6.45) is 0.477. The maximum Gasteiger partial charge on any atom is 0.122 e. The summed E-state index contributed by atoms with van der Waals surface area (Å²) in [6.45, 7) is 3.84. The van der Waals surface area contributed by atoms with Crippen molar-refractivity contribution in [1.82, 2.24) is 0 Å². The van der Waals surface area contributed by atoms with Gasteiger partial charge < -0.3 is 14.6 Å². The molecule has 0 amide bonds. The smallest absolute Gasteiger partial charge is 0.122 e. The van der Waals surface area contributed by atoms with Crippen molar-refractivity contribution in [2.24, 2.45) is 0 Å². The molecule has 0 aliphatic rings. The molecule has 0 bridgehead atoms.